The number of hydrogen-bond donors (Lipinski definition) is 1. The molecular weight excluding hydrogens is 371 g/mol. The molecule has 0 aliphatic carbocycles. The number of halogens is 1. The lowest BCUT2D eigenvalue weighted by molar-refractivity contribution is 0.602. The molecule has 0 fully saturated rings. The van der Waals surface area contributed by atoms with Gasteiger partial charge in [-0.25, -0.2) is 17.5 Å². The van der Waals surface area contributed by atoms with Crippen LogP contribution in [0.25, 0.3) is 28.5 Å². The topological polar surface area (TPSA) is 106 Å². The van der Waals surface area contributed by atoms with E-state index in [0.29, 0.717) is 22.9 Å². The highest BCUT2D eigenvalue weighted by Crippen LogP contribution is 2.28. The van der Waals surface area contributed by atoms with E-state index in [4.69, 9.17) is 0 Å². The second-order valence-electron chi connectivity index (χ2n) is 5.83. The molecule has 0 amide bonds. The summed E-state index contributed by atoms with van der Waals surface area (Å²) in [5.41, 5.74) is 2.50. The first kappa shape index (κ1) is 17.0. The van der Waals surface area contributed by atoms with E-state index in [2.05, 4.69) is 25.7 Å². The van der Waals surface area contributed by atoms with Crippen molar-refractivity contribution >= 4 is 9.84 Å². The van der Waals surface area contributed by atoms with Crippen LogP contribution < -0.4 is 0 Å². The summed E-state index contributed by atoms with van der Waals surface area (Å²) < 4.78 is 38.3. The molecule has 4 aromatic rings. The van der Waals surface area contributed by atoms with Crippen molar-refractivity contribution in [2.75, 3.05) is 6.26 Å². The highest BCUT2D eigenvalue weighted by Gasteiger charge is 2.16. The minimum absolute atomic E-state index is 0.220. The Morgan fingerprint density at radius 1 is 1.04 bits per heavy atom. The Morgan fingerprint density at radius 2 is 1.74 bits per heavy atom. The van der Waals surface area contributed by atoms with Crippen molar-refractivity contribution in [2.24, 2.45) is 0 Å². The lowest BCUT2D eigenvalue weighted by Crippen LogP contribution is -2.00. The van der Waals surface area contributed by atoms with Crippen LogP contribution >= 0.6 is 0 Å². The van der Waals surface area contributed by atoms with Crippen LogP contribution in [0.4, 0.5) is 4.39 Å². The SMILES string of the molecule is CS(=O)(=O)c1ccc(-c2cc(-c3nn[nH]n3)nn2-c2ccc(F)cc2)cc1. The van der Waals surface area contributed by atoms with Gasteiger partial charge in [0.25, 0.3) is 0 Å². The molecule has 0 unspecified atom stereocenters. The number of benzene rings is 2. The number of rotatable bonds is 4. The van der Waals surface area contributed by atoms with Crippen LogP contribution in [0.15, 0.2) is 59.5 Å². The van der Waals surface area contributed by atoms with Crippen molar-refractivity contribution in [3.8, 4) is 28.5 Å². The molecule has 27 heavy (non-hydrogen) atoms. The zero-order valence-corrected chi connectivity index (χ0v) is 14.9. The number of nitrogens with one attached hydrogen (secondary N) is 1. The minimum atomic E-state index is -3.30. The molecule has 8 nitrogen and oxygen atoms in total. The van der Waals surface area contributed by atoms with Crippen LogP contribution in [-0.2, 0) is 9.84 Å². The Bertz CT molecular complexity index is 1180. The van der Waals surface area contributed by atoms with Crippen LogP contribution in [0.1, 0.15) is 0 Å². The first-order valence-corrected chi connectivity index (χ1v) is 9.71. The van der Waals surface area contributed by atoms with E-state index in [-0.39, 0.29) is 10.7 Å². The van der Waals surface area contributed by atoms with Crippen LogP contribution in [0.3, 0.4) is 0 Å². The molecule has 1 N–H and O–H groups in total. The molecule has 2 heterocycles. The van der Waals surface area contributed by atoms with E-state index in [1.165, 1.54) is 24.3 Å². The summed E-state index contributed by atoms with van der Waals surface area (Å²) in [6.07, 6.45) is 1.15. The Hall–Kier alpha value is -3.40. The fourth-order valence-electron chi connectivity index (χ4n) is 2.62. The highest BCUT2D eigenvalue weighted by atomic mass is 32.2. The van der Waals surface area contributed by atoms with Gasteiger partial charge in [0, 0.05) is 11.8 Å². The van der Waals surface area contributed by atoms with Crippen LogP contribution in [-0.4, -0.2) is 45.1 Å². The van der Waals surface area contributed by atoms with Gasteiger partial charge in [-0.05, 0) is 47.7 Å². The quantitative estimate of drug-likeness (QED) is 0.578. The number of sulfone groups is 1. The second-order valence-corrected chi connectivity index (χ2v) is 7.85. The summed E-state index contributed by atoms with van der Waals surface area (Å²) in [7, 11) is -3.30. The third kappa shape index (κ3) is 3.34. The average molecular weight is 384 g/mol. The van der Waals surface area contributed by atoms with Gasteiger partial charge in [-0.3, -0.25) is 0 Å². The lowest BCUT2D eigenvalue weighted by Gasteiger charge is -2.08. The number of aromatic amines is 1. The molecule has 0 aliphatic rings. The number of nitrogens with zero attached hydrogens (tertiary/aromatic N) is 5. The van der Waals surface area contributed by atoms with Crippen molar-refractivity contribution in [1.29, 1.82) is 0 Å². The van der Waals surface area contributed by atoms with Crippen molar-refractivity contribution in [1.82, 2.24) is 30.4 Å². The Labute approximate surface area is 153 Å². The smallest absolute Gasteiger partial charge is 0.224 e. The first-order chi connectivity index (χ1) is 12.9. The molecule has 0 saturated heterocycles. The number of hydrogen-bond acceptors (Lipinski definition) is 6. The third-order valence-corrected chi connectivity index (χ3v) is 5.06. The van der Waals surface area contributed by atoms with Crippen molar-refractivity contribution < 1.29 is 12.8 Å². The normalized spacial score (nSPS) is 11.6. The summed E-state index contributed by atoms with van der Waals surface area (Å²) in [6.45, 7) is 0. The molecule has 4 rings (SSSR count). The fraction of sp³-hybridized carbons (Fsp3) is 0.0588. The van der Waals surface area contributed by atoms with E-state index in [0.717, 1.165) is 11.8 Å². The second kappa shape index (κ2) is 6.40. The van der Waals surface area contributed by atoms with Gasteiger partial charge in [0.1, 0.15) is 11.5 Å². The Kier molecular flexibility index (Phi) is 4.04. The molecule has 0 saturated carbocycles. The largest absolute Gasteiger partial charge is 0.232 e. The van der Waals surface area contributed by atoms with E-state index in [1.54, 1.807) is 35.0 Å². The zero-order chi connectivity index (χ0) is 19.0. The predicted octanol–water partition coefficient (Wildman–Crippen LogP) is 2.26. The standard InChI is InChI=1S/C17H13FN6O2S/c1-27(25,26)14-8-2-11(3-9-14)16-10-15(17-19-22-23-20-17)21-24(16)13-6-4-12(18)5-7-13/h2-10H,1H3,(H,19,20,22,23). The molecule has 0 atom stereocenters. The van der Waals surface area contributed by atoms with E-state index in [9.17, 15) is 12.8 Å². The van der Waals surface area contributed by atoms with Crippen molar-refractivity contribution in [3.05, 3.63) is 60.4 Å². The predicted molar refractivity (Wildman–Crippen MR) is 95.2 cm³/mol. The summed E-state index contributed by atoms with van der Waals surface area (Å²) >= 11 is 0. The van der Waals surface area contributed by atoms with Gasteiger partial charge in [0.2, 0.25) is 5.82 Å². The van der Waals surface area contributed by atoms with Crippen LogP contribution in [0.5, 0.6) is 0 Å². The monoisotopic (exact) mass is 384 g/mol. The van der Waals surface area contributed by atoms with Gasteiger partial charge in [-0.2, -0.15) is 10.3 Å². The maximum absolute atomic E-state index is 13.3. The molecule has 0 bridgehead atoms. The van der Waals surface area contributed by atoms with Gasteiger partial charge in [-0.1, -0.05) is 12.1 Å². The summed E-state index contributed by atoms with van der Waals surface area (Å²) in [6, 6.07) is 14.0. The average Bonchev–Trinajstić information content (AvgIpc) is 3.31. The fourth-order valence-corrected chi connectivity index (χ4v) is 3.25. The molecule has 2 aromatic heterocycles. The minimum Gasteiger partial charge on any atom is -0.232 e. The molecule has 0 aliphatic heterocycles. The highest BCUT2D eigenvalue weighted by molar-refractivity contribution is 7.90. The van der Waals surface area contributed by atoms with E-state index in [1.807, 2.05) is 0 Å². The van der Waals surface area contributed by atoms with E-state index >= 15 is 0 Å². The molecule has 0 spiro atoms. The van der Waals surface area contributed by atoms with E-state index < -0.39 is 9.84 Å². The first-order valence-electron chi connectivity index (χ1n) is 7.82. The van der Waals surface area contributed by atoms with Crippen molar-refractivity contribution in [3.63, 3.8) is 0 Å². The van der Waals surface area contributed by atoms with Gasteiger partial charge in [0.05, 0.1) is 16.3 Å². The van der Waals surface area contributed by atoms with Gasteiger partial charge in [0.15, 0.2) is 9.84 Å². The zero-order valence-electron chi connectivity index (χ0n) is 14.0. The molecular formula is C17H13FN6O2S. The number of aromatic nitrogens is 6. The summed E-state index contributed by atoms with van der Waals surface area (Å²) in [5, 5.41) is 18.2. The third-order valence-electron chi connectivity index (χ3n) is 3.93. The Balaban J connectivity index is 1.86. The van der Waals surface area contributed by atoms with Gasteiger partial charge < -0.3 is 0 Å². The summed E-state index contributed by atoms with van der Waals surface area (Å²) in [5.74, 6) is -0.0479. The summed E-state index contributed by atoms with van der Waals surface area (Å²) in [4.78, 5) is 0.220. The molecule has 136 valence electrons. The van der Waals surface area contributed by atoms with Gasteiger partial charge >= 0.3 is 0 Å². The molecule has 10 heteroatoms. The maximum Gasteiger partial charge on any atom is 0.224 e. The number of H-pyrrole nitrogens is 1. The van der Waals surface area contributed by atoms with Gasteiger partial charge in [-0.15, -0.1) is 10.2 Å². The number of tetrazole rings is 1. The lowest BCUT2D eigenvalue weighted by atomic mass is 10.1. The molecule has 0 radical (unpaired) electrons. The Morgan fingerprint density at radius 3 is 2.33 bits per heavy atom. The van der Waals surface area contributed by atoms with Crippen molar-refractivity contribution in [2.45, 2.75) is 4.90 Å². The van der Waals surface area contributed by atoms with Crippen LogP contribution in [0, 0.1) is 5.82 Å². The maximum atomic E-state index is 13.3. The van der Waals surface area contributed by atoms with Crippen LogP contribution in [0.2, 0.25) is 0 Å². The molecule has 2 aromatic carbocycles.